The maximum absolute atomic E-state index is 13.1. The number of aliphatic hydroxyl groups excluding tert-OH is 2. The second kappa shape index (κ2) is 51.4. The van der Waals surface area contributed by atoms with Crippen molar-refractivity contribution in [3.05, 3.63) is 48.6 Å². The van der Waals surface area contributed by atoms with Crippen LogP contribution in [0.25, 0.3) is 0 Å². The van der Waals surface area contributed by atoms with Gasteiger partial charge in [-0.2, -0.15) is 0 Å². The lowest BCUT2D eigenvalue weighted by Gasteiger charge is -2.40. The van der Waals surface area contributed by atoms with E-state index in [2.05, 4.69) is 69.4 Å². The smallest absolute Gasteiger partial charge is 0.335 e. The number of unbranched alkanes of at least 4 members (excludes halogenated alkanes) is 30. The number of carbonyl (C=O) groups is 4. The highest BCUT2D eigenvalue weighted by molar-refractivity contribution is 5.74. The van der Waals surface area contributed by atoms with Crippen LogP contribution in [-0.2, 0) is 42.9 Å². The van der Waals surface area contributed by atoms with Crippen molar-refractivity contribution in [3.8, 4) is 0 Å². The minimum absolute atomic E-state index is 0.0641. The summed E-state index contributed by atoms with van der Waals surface area (Å²) in [6.45, 7) is 5.88. The third kappa shape index (κ3) is 41.5. The topological polar surface area (TPSA) is 175 Å². The Labute approximate surface area is 456 Å². The summed E-state index contributed by atoms with van der Waals surface area (Å²) in [5.74, 6) is -3.11. The molecule has 1 rings (SSSR count). The predicted molar refractivity (Wildman–Crippen MR) is 303 cm³/mol. The van der Waals surface area contributed by atoms with Crippen molar-refractivity contribution in [2.45, 2.75) is 314 Å². The van der Waals surface area contributed by atoms with Crippen molar-refractivity contribution in [2.24, 2.45) is 0 Å². The summed E-state index contributed by atoms with van der Waals surface area (Å²) >= 11 is 0. The highest BCUT2D eigenvalue weighted by atomic mass is 16.7. The van der Waals surface area contributed by atoms with Crippen LogP contribution < -0.4 is 0 Å². The minimum atomic E-state index is -1.90. The Balaban J connectivity index is 2.65. The van der Waals surface area contributed by atoms with Crippen LogP contribution in [0, 0.1) is 0 Å². The second-order valence-corrected chi connectivity index (χ2v) is 21.0. The van der Waals surface area contributed by atoms with Gasteiger partial charge >= 0.3 is 23.9 Å². The zero-order valence-corrected chi connectivity index (χ0v) is 47.8. The van der Waals surface area contributed by atoms with Crippen LogP contribution in [0.1, 0.15) is 278 Å². The number of rotatable bonds is 52. The van der Waals surface area contributed by atoms with Gasteiger partial charge in [-0.3, -0.25) is 14.4 Å². The van der Waals surface area contributed by atoms with Gasteiger partial charge in [-0.25, -0.2) is 4.79 Å². The van der Waals surface area contributed by atoms with Crippen molar-refractivity contribution < 1.29 is 58.2 Å². The van der Waals surface area contributed by atoms with Crippen molar-refractivity contribution in [3.63, 3.8) is 0 Å². The number of aliphatic carboxylic acids is 1. The van der Waals surface area contributed by atoms with Gasteiger partial charge < -0.3 is 39.0 Å². The quantitative estimate of drug-likeness (QED) is 0.0228. The van der Waals surface area contributed by atoms with Crippen molar-refractivity contribution >= 4 is 23.9 Å². The largest absolute Gasteiger partial charge is 0.479 e. The van der Waals surface area contributed by atoms with Crippen molar-refractivity contribution in [2.75, 3.05) is 13.2 Å². The Morgan fingerprint density at radius 1 is 0.453 bits per heavy atom. The summed E-state index contributed by atoms with van der Waals surface area (Å²) in [6.07, 6.45) is 49.3. The van der Waals surface area contributed by atoms with E-state index >= 15 is 0 Å². The highest BCUT2D eigenvalue weighted by Crippen LogP contribution is 2.27. The number of hydrogen-bond donors (Lipinski definition) is 3. The molecule has 434 valence electrons. The van der Waals surface area contributed by atoms with E-state index in [4.69, 9.17) is 23.7 Å². The van der Waals surface area contributed by atoms with Gasteiger partial charge in [0.2, 0.25) is 0 Å². The first-order valence-corrected chi connectivity index (χ1v) is 30.6. The molecule has 6 atom stereocenters. The Kier molecular flexibility index (Phi) is 47.8. The first-order chi connectivity index (χ1) is 36.6. The average molecular weight is 1060 g/mol. The molecule has 6 unspecified atom stereocenters. The van der Waals surface area contributed by atoms with Crippen LogP contribution in [0.5, 0.6) is 0 Å². The third-order valence-corrected chi connectivity index (χ3v) is 13.9. The Morgan fingerprint density at radius 3 is 1.28 bits per heavy atom. The molecule has 0 spiro atoms. The molecular weight excluding hydrogens is 949 g/mol. The molecule has 1 heterocycles. The van der Waals surface area contributed by atoms with E-state index in [1.54, 1.807) is 0 Å². The van der Waals surface area contributed by atoms with Crippen LogP contribution in [0.3, 0.4) is 0 Å². The van der Waals surface area contributed by atoms with Gasteiger partial charge in [0.05, 0.1) is 6.61 Å². The molecule has 1 saturated heterocycles. The molecule has 0 aromatic rings. The van der Waals surface area contributed by atoms with Crippen molar-refractivity contribution in [1.29, 1.82) is 0 Å². The number of allylic oxidation sites excluding steroid dienone is 8. The first kappa shape index (κ1) is 69.7. The van der Waals surface area contributed by atoms with E-state index < -0.39 is 67.3 Å². The number of esters is 3. The number of carbonyl (C=O) groups excluding carboxylic acids is 3. The molecule has 0 radical (unpaired) electrons. The molecule has 12 nitrogen and oxygen atoms in total. The van der Waals surface area contributed by atoms with Crippen LogP contribution in [0.2, 0.25) is 0 Å². The summed E-state index contributed by atoms with van der Waals surface area (Å²) in [6, 6.07) is 0. The molecular formula is C63H110O12. The number of hydrogen-bond acceptors (Lipinski definition) is 11. The van der Waals surface area contributed by atoms with Crippen LogP contribution in [0.4, 0.5) is 0 Å². The molecule has 0 amide bonds. The highest BCUT2D eigenvalue weighted by Gasteiger charge is 2.50. The van der Waals surface area contributed by atoms with E-state index in [0.717, 1.165) is 109 Å². The maximum Gasteiger partial charge on any atom is 0.335 e. The normalized spacial score (nSPS) is 18.4. The SMILES string of the molecule is CC/C=C\C/C=C\C/C=C\C/C=C\CCCCCCCCC(=O)OCC(COC1OC(C(=O)O)C(O)C(O)C1OC(=O)CCCCCCCCCCCCCCCCC)OC(=O)CCCCCCCCCCCCC. The lowest BCUT2D eigenvalue weighted by atomic mass is 9.98. The first-order valence-electron chi connectivity index (χ1n) is 30.6. The zero-order chi connectivity index (χ0) is 54.7. The molecule has 0 saturated carbocycles. The van der Waals surface area contributed by atoms with E-state index in [-0.39, 0.29) is 25.9 Å². The monoisotopic (exact) mass is 1060 g/mol. The molecule has 0 bridgehead atoms. The van der Waals surface area contributed by atoms with E-state index in [9.17, 15) is 34.5 Å². The lowest BCUT2D eigenvalue weighted by Crippen LogP contribution is -2.61. The van der Waals surface area contributed by atoms with Gasteiger partial charge in [-0.1, -0.05) is 249 Å². The standard InChI is InChI=1S/C63H110O12/c1-4-7-10-13-16-19-22-24-26-27-28-29-31-32-35-37-40-43-46-49-55(64)71-52-54(73-56(65)50-47-44-41-38-34-21-18-15-12-9-6-3)53-72-63-61(59(68)58(67)60(75-63)62(69)70)74-57(66)51-48-45-42-39-36-33-30-25-23-20-17-14-11-8-5-2/h7,10,16,19,24,26,28-29,54,58-61,63,67-68H,4-6,8-9,11-15,17-18,20-23,25,27,30-53H2,1-3H3,(H,69,70)/b10-7-,19-16-,26-24-,29-28-. The molecule has 1 aliphatic heterocycles. The van der Waals surface area contributed by atoms with Gasteiger partial charge in [0, 0.05) is 19.3 Å². The Bertz CT molecular complexity index is 1490. The summed E-state index contributed by atoms with van der Waals surface area (Å²) in [7, 11) is 0. The maximum atomic E-state index is 13.1. The molecule has 1 fully saturated rings. The van der Waals surface area contributed by atoms with E-state index in [1.165, 1.54) is 109 Å². The fourth-order valence-corrected chi connectivity index (χ4v) is 9.24. The molecule has 75 heavy (non-hydrogen) atoms. The van der Waals surface area contributed by atoms with Gasteiger partial charge in [0.25, 0.3) is 0 Å². The molecule has 0 aliphatic carbocycles. The van der Waals surface area contributed by atoms with E-state index in [0.29, 0.717) is 19.3 Å². The fourth-order valence-electron chi connectivity index (χ4n) is 9.24. The fraction of sp³-hybridized carbons (Fsp3) is 0.810. The van der Waals surface area contributed by atoms with Gasteiger partial charge in [-0.15, -0.1) is 0 Å². The van der Waals surface area contributed by atoms with Crippen molar-refractivity contribution in [1.82, 2.24) is 0 Å². The van der Waals surface area contributed by atoms with Gasteiger partial charge in [-0.05, 0) is 57.8 Å². The lowest BCUT2D eigenvalue weighted by molar-refractivity contribution is -0.301. The molecule has 0 aromatic carbocycles. The average Bonchev–Trinajstić information content (AvgIpc) is 3.39. The third-order valence-electron chi connectivity index (χ3n) is 13.9. The predicted octanol–water partition coefficient (Wildman–Crippen LogP) is 15.8. The minimum Gasteiger partial charge on any atom is -0.479 e. The van der Waals surface area contributed by atoms with E-state index in [1.807, 2.05) is 0 Å². The zero-order valence-electron chi connectivity index (χ0n) is 47.8. The number of aliphatic hydroxyl groups is 2. The summed E-state index contributed by atoms with van der Waals surface area (Å²) in [5, 5.41) is 31.5. The molecule has 0 aromatic heterocycles. The van der Waals surface area contributed by atoms with Gasteiger partial charge in [0.1, 0.15) is 18.8 Å². The van der Waals surface area contributed by atoms with Crippen LogP contribution in [-0.4, -0.2) is 89.2 Å². The molecule has 3 N–H and O–H groups in total. The Hall–Kier alpha value is -3.32. The molecule has 1 aliphatic rings. The summed E-state index contributed by atoms with van der Waals surface area (Å²) < 4.78 is 28.4. The number of carboxylic acids is 1. The summed E-state index contributed by atoms with van der Waals surface area (Å²) in [5.41, 5.74) is 0. The Morgan fingerprint density at radius 2 is 0.840 bits per heavy atom. The molecule has 12 heteroatoms. The second-order valence-electron chi connectivity index (χ2n) is 21.0. The number of carboxylic acid groups (broad SMARTS) is 1. The summed E-state index contributed by atoms with van der Waals surface area (Å²) in [4.78, 5) is 51.1. The van der Waals surface area contributed by atoms with Gasteiger partial charge in [0.15, 0.2) is 24.6 Å². The van der Waals surface area contributed by atoms with Crippen LogP contribution in [0.15, 0.2) is 48.6 Å². The number of ether oxygens (including phenoxy) is 5. The van der Waals surface area contributed by atoms with Crippen LogP contribution >= 0.6 is 0 Å².